The van der Waals surface area contributed by atoms with E-state index in [2.05, 4.69) is 35.8 Å². The minimum absolute atomic E-state index is 0.00947. The zero-order valence-electron chi connectivity index (χ0n) is 13.3. The molecule has 2 heterocycles. The first-order valence-corrected chi connectivity index (χ1v) is 9.20. The van der Waals surface area contributed by atoms with Gasteiger partial charge in [-0.05, 0) is 58.8 Å². The van der Waals surface area contributed by atoms with Crippen LogP contribution < -0.4 is 5.32 Å². The van der Waals surface area contributed by atoms with Crippen molar-refractivity contribution in [1.29, 1.82) is 0 Å². The van der Waals surface area contributed by atoms with E-state index < -0.39 is 0 Å². The predicted molar refractivity (Wildman–Crippen MR) is 87.2 cm³/mol. The summed E-state index contributed by atoms with van der Waals surface area (Å²) in [6.07, 6.45) is 8.54. The standard InChI is InChI=1S/C16H30N2OS/c1-16(2)10-7-9-14(17-3)15(19)18(16)12-13-8-5-4-6-11-20-13/h13-14,17H,4-12H2,1-3H3. The molecule has 1 amide bonds. The van der Waals surface area contributed by atoms with E-state index in [0.29, 0.717) is 11.2 Å². The predicted octanol–water partition coefficient (Wildman–Crippen LogP) is 3.04. The van der Waals surface area contributed by atoms with Gasteiger partial charge in [0.1, 0.15) is 0 Å². The van der Waals surface area contributed by atoms with E-state index >= 15 is 0 Å². The van der Waals surface area contributed by atoms with Crippen molar-refractivity contribution in [3.63, 3.8) is 0 Å². The van der Waals surface area contributed by atoms with Crippen molar-refractivity contribution in [3.8, 4) is 0 Å². The molecule has 20 heavy (non-hydrogen) atoms. The molecule has 0 spiro atoms. The van der Waals surface area contributed by atoms with Gasteiger partial charge in [-0.1, -0.05) is 12.8 Å². The molecule has 2 aliphatic rings. The maximum Gasteiger partial charge on any atom is 0.240 e. The third-order valence-electron chi connectivity index (χ3n) is 4.83. The highest BCUT2D eigenvalue weighted by Gasteiger charge is 2.38. The molecule has 2 unspecified atom stereocenters. The van der Waals surface area contributed by atoms with Crippen LogP contribution in [0.1, 0.15) is 58.8 Å². The lowest BCUT2D eigenvalue weighted by Crippen LogP contribution is -2.54. The number of hydrogen-bond acceptors (Lipinski definition) is 3. The number of likely N-dealkylation sites (tertiary alicyclic amines) is 1. The Morgan fingerprint density at radius 1 is 1.25 bits per heavy atom. The summed E-state index contributed by atoms with van der Waals surface area (Å²) < 4.78 is 0. The Morgan fingerprint density at radius 2 is 2.05 bits per heavy atom. The molecule has 4 heteroatoms. The lowest BCUT2D eigenvalue weighted by Gasteiger charge is -2.40. The molecule has 2 aliphatic heterocycles. The molecule has 1 N–H and O–H groups in total. The Kier molecular flexibility index (Phi) is 5.79. The Balaban J connectivity index is 2.08. The maximum atomic E-state index is 12.8. The topological polar surface area (TPSA) is 32.3 Å². The third kappa shape index (κ3) is 3.91. The maximum absolute atomic E-state index is 12.8. The van der Waals surface area contributed by atoms with E-state index in [-0.39, 0.29) is 11.6 Å². The quantitative estimate of drug-likeness (QED) is 0.869. The summed E-state index contributed by atoms with van der Waals surface area (Å²) in [4.78, 5) is 15.0. The van der Waals surface area contributed by atoms with Crippen molar-refractivity contribution in [1.82, 2.24) is 10.2 Å². The molecule has 0 radical (unpaired) electrons. The van der Waals surface area contributed by atoms with Crippen LogP contribution in [0.15, 0.2) is 0 Å². The number of amides is 1. The zero-order chi connectivity index (χ0) is 14.6. The number of hydrogen-bond donors (Lipinski definition) is 1. The SMILES string of the molecule is CNC1CCCC(C)(C)N(CC2CCCCCS2)C1=O. The lowest BCUT2D eigenvalue weighted by molar-refractivity contribution is -0.137. The Bertz CT molecular complexity index is 324. The van der Waals surface area contributed by atoms with Gasteiger partial charge in [0, 0.05) is 17.3 Å². The molecular weight excluding hydrogens is 268 g/mol. The van der Waals surface area contributed by atoms with Gasteiger partial charge in [0.05, 0.1) is 6.04 Å². The molecule has 0 aromatic rings. The number of likely N-dealkylation sites (N-methyl/N-ethyl adjacent to an activating group) is 1. The molecule has 2 fully saturated rings. The monoisotopic (exact) mass is 298 g/mol. The normalized spacial score (nSPS) is 31.8. The third-order valence-corrected chi connectivity index (χ3v) is 6.22. The number of nitrogens with one attached hydrogen (secondary N) is 1. The second kappa shape index (κ2) is 7.17. The highest BCUT2D eigenvalue weighted by atomic mass is 32.2. The van der Waals surface area contributed by atoms with Gasteiger partial charge >= 0.3 is 0 Å². The number of thioether (sulfide) groups is 1. The average molecular weight is 298 g/mol. The Labute approximate surface area is 128 Å². The summed E-state index contributed by atoms with van der Waals surface area (Å²) in [7, 11) is 1.92. The smallest absolute Gasteiger partial charge is 0.240 e. The van der Waals surface area contributed by atoms with Crippen molar-refractivity contribution in [2.24, 2.45) is 0 Å². The van der Waals surface area contributed by atoms with E-state index in [1.807, 2.05) is 7.05 Å². The van der Waals surface area contributed by atoms with Gasteiger partial charge in [-0.2, -0.15) is 11.8 Å². The number of rotatable bonds is 3. The molecular formula is C16H30N2OS. The molecule has 0 aliphatic carbocycles. The number of carbonyl (C=O) groups is 1. The summed E-state index contributed by atoms with van der Waals surface area (Å²) in [5.74, 6) is 1.59. The lowest BCUT2D eigenvalue weighted by atomic mass is 9.96. The van der Waals surface area contributed by atoms with Crippen molar-refractivity contribution in [3.05, 3.63) is 0 Å². The highest BCUT2D eigenvalue weighted by Crippen LogP contribution is 2.31. The van der Waals surface area contributed by atoms with Gasteiger partial charge in [0.25, 0.3) is 0 Å². The summed E-state index contributed by atoms with van der Waals surface area (Å²) in [6.45, 7) is 5.42. The Morgan fingerprint density at radius 3 is 2.80 bits per heavy atom. The van der Waals surface area contributed by atoms with E-state index in [1.54, 1.807) is 0 Å². The molecule has 2 atom stereocenters. The van der Waals surface area contributed by atoms with Crippen molar-refractivity contribution in [2.45, 2.75) is 75.6 Å². The van der Waals surface area contributed by atoms with Crippen LogP contribution in [0, 0.1) is 0 Å². The van der Waals surface area contributed by atoms with Crippen molar-refractivity contribution >= 4 is 17.7 Å². The summed E-state index contributed by atoms with van der Waals surface area (Å²) >= 11 is 2.08. The van der Waals surface area contributed by atoms with Gasteiger partial charge in [0.2, 0.25) is 5.91 Å². The van der Waals surface area contributed by atoms with Crippen molar-refractivity contribution in [2.75, 3.05) is 19.3 Å². The average Bonchev–Trinajstić information content (AvgIpc) is 2.72. The summed E-state index contributed by atoms with van der Waals surface area (Å²) in [5.41, 5.74) is 0.00947. The van der Waals surface area contributed by atoms with E-state index in [1.165, 1.54) is 31.4 Å². The van der Waals surface area contributed by atoms with Gasteiger partial charge in [-0.3, -0.25) is 4.79 Å². The fourth-order valence-electron chi connectivity index (χ4n) is 3.42. The first kappa shape index (κ1) is 16.2. The highest BCUT2D eigenvalue weighted by molar-refractivity contribution is 7.99. The van der Waals surface area contributed by atoms with Crippen LogP contribution in [0.4, 0.5) is 0 Å². The number of carbonyl (C=O) groups excluding carboxylic acids is 1. The van der Waals surface area contributed by atoms with Crippen LogP contribution in [0.25, 0.3) is 0 Å². The van der Waals surface area contributed by atoms with Gasteiger partial charge in [0.15, 0.2) is 0 Å². The van der Waals surface area contributed by atoms with Crippen LogP contribution in [0.2, 0.25) is 0 Å². The minimum atomic E-state index is 0.00947. The molecule has 2 saturated heterocycles. The van der Waals surface area contributed by atoms with Gasteiger partial charge in [-0.15, -0.1) is 0 Å². The fourth-order valence-corrected chi connectivity index (χ4v) is 4.71. The molecule has 116 valence electrons. The largest absolute Gasteiger partial charge is 0.335 e. The molecule has 2 rings (SSSR count). The van der Waals surface area contributed by atoms with Crippen LogP contribution >= 0.6 is 11.8 Å². The zero-order valence-corrected chi connectivity index (χ0v) is 14.1. The van der Waals surface area contributed by atoms with Crippen LogP contribution in [0.3, 0.4) is 0 Å². The van der Waals surface area contributed by atoms with Gasteiger partial charge < -0.3 is 10.2 Å². The van der Waals surface area contributed by atoms with Crippen LogP contribution in [-0.4, -0.2) is 47.0 Å². The van der Waals surface area contributed by atoms with Crippen molar-refractivity contribution < 1.29 is 4.79 Å². The second-order valence-electron chi connectivity index (χ2n) is 6.84. The molecule has 3 nitrogen and oxygen atoms in total. The van der Waals surface area contributed by atoms with Crippen LogP contribution in [-0.2, 0) is 4.79 Å². The second-order valence-corrected chi connectivity index (χ2v) is 8.25. The van der Waals surface area contributed by atoms with Gasteiger partial charge in [-0.25, -0.2) is 0 Å². The first-order valence-electron chi connectivity index (χ1n) is 8.15. The molecule has 0 saturated carbocycles. The fraction of sp³-hybridized carbons (Fsp3) is 0.938. The first-order chi connectivity index (χ1) is 9.54. The van der Waals surface area contributed by atoms with E-state index in [0.717, 1.165) is 25.8 Å². The Hall–Kier alpha value is -0.220. The van der Waals surface area contributed by atoms with Crippen LogP contribution in [0.5, 0.6) is 0 Å². The summed E-state index contributed by atoms with van der Waals surface area (Å²) in [5, 5.41) is 3.85. The van der Waals surface area contributed by atoms with E-state index in [9.17, 15) is 4.79 Å². The minimum Gasteiger partial charge on any atom is -0.335 e. The molecule has 0 aromatic heterocycles. The molecule has 0 aromatic carbocycles. The number of nitrogens with zero attached hydrogens (tertiary/aromatic N) is 1. The van der Waals surface area contributed by atoms with E-state index in [4.69, 9.17) is 0 Å². The summed E-state index contributed by atoms with van der Waals surface area (Å²) in [6, 6.07) is 0.0209. The molecule has 0 bridgehead atoms.